The second-order valence-corrected chi connectivity index (χ2v) is 5.94. The van der Waals surface area contributed by atoms with Gasteiger partial charge in [0.2, 0.25) is 5.91 Å². The highest BCUT2D eigenvalue weighted by atomic mass is 32.1. The molecule has 1 saturated carbocycles. The van der Waals surface area contributed by atoms with Gasteiger partial charge in [-0.1, -0.05) is 18.9 Å². The van der Waals surface area contributed by atoms with Crippen LogP contribution in [0.3, 0.4) is 0 Å². The Labute approximate surface area is 116 Å². The largest absolute Gasteiger partial charge is 0.311 e. The molecule has 2 heterocycles. The molecular weight excluding hydrogens is 258 g/mol. The lowest BCUT2D eigenvalue weighted by molar-refractivity contribution is -0.115. The van der Waals surface area contributed by atoms with Gasteiger partial charge in [0.25, 0.3) is 0 Å². The van der Waals surface area contributed by atoms with Crippen molar-refractivity contribution in [2.75, 3.05) is 5.32 Å². The lowest BCUT2D eigenvalue weighted by Crippen LogP contribution is -2.18. The van der Waals surface area contributed by atoms with Gasteiger partial charge in [-0.2, -0.15) is 5.10 Å². The Morgan fingerprint density at radius 2 is 2.26 bits per heavy atom. The highest BCUT2D eigenvalue weighted by Crippen LogP contribution is 2.31. The average Bonchev–Trinajstić information content (AvgIpc) is 3.09. The number of nitrogens with one attached hydrogen (secondary N) is 1. The average molecular weight is 275 g/mol. The van der Waals surface area contributed by atoms with Crippen molar-refractivity contribution in [2.45, 2.75) is 38.1 Å². The molecule has 1 aliphatic rings. The molecule has 0 saturated heterocycles. The first kappa shape index (κ1) is 12.4. The van der Waals surface area contributed by atoms with E-state index in [9.17, 15) is 4.79 Å². The number of nitrogens with zero attached hydrogens (tertiary/aromatic N) is 2. The van der Waals surface area contributed by atoms with E-state index in [1.54, 1.807) is 17.5 Å². The van der Waals surface area contributed by atoms with Crippen molar-refractivity contribution >= 4 is 23.1 Å². The molecule has 1 aliphatic carbocycles. The second-order valence-electron chi connectivity index (χ2n) is 4.90. The Kier molecular flexibility index (Phi) is 3.64. The summed E-state index contributed by atoms with van der Waals surface area (Å²) in [5, 5.41) is 9.32. The zero-order valence-corrected chi connectivity index (χ0v) is 11.5. The van der Waals surface area contributed by atoms with Gasteiger partial charge in [-0.05, 0) is 24.3 Å². The molecule has 2 aromatic rings. The third-order valence-electron chi connectivity index (χ3n) is 3.52. The quantitative estimate of drug-likeness (QED) is 0.931. The zero-order valence-electron chi connectivity index (χ0n) is 10.7. The molecule has 0 aliphatic heterocycles. The minimum Gasteiger partial charge on any atom is -0.311 e. The maximum atomic E-state index is 12.0. The minimum atomic E-state index is 0.0298. The van der Waals surface area contributed by atoms with Crippen molar-refractivity contribution in [3.63, 3.8) is 0 Å². The molecule has 2 aromatic heterocycles. The van der Waals surface area contributed by atoms with Crippen molar-refractivity contribution in [1.82, 2.24) is 9.78 Å². The second kappa shape index (κ2) is 5.57. The maximum Gasteiger partial charge on any atom is 0.230 e. The van der Waals surface area contributed by atoms with E-state index in [1.807, 2.05) is 28.3 Å². The van der Waals surface area contributed by atoms with Gasteiger partial charge in [0, 0.05) is 10.9 Å². The number of rotatable bonds is 4. The maximum absolute atomic E-state index is 12.0. The Morgan fingerprint density at radius 1 is 1.42 bits per heavy atom. The van der Waals surface area contributed by atoms with E-state index < -0.39 is 0 Å². The summed E-state index contributed by atoms with van der Waals surface area (Å²) in [4.78, 5) is 13.1. The normalized spacial score (nSPS) is 15.8. The molecule has 1 N–H and O–H groups in total. The fraction of sp³-hybridized carbons (Fsp3) is 0.429. The summed E-state index contributed by atoms with van der Waals surface area (Å²) in [7, 11) is 0. The van der Waals surface area contributed by atoms with E-state index in [0.29, 0.717) is 12.5 Å². The van der Waals surface area contributed by atoms with Crippen molar-refractivity contribution in [2.24, 2.45) is 0 Å². The van der Waals surface area contributed by atoms with Gasteiger partial charge in [0.15, 0.2) is 0 Å². The number of carbonyl (C=O) groups excluding carboxylic acids is 1. The SMILES string of the molecule is O=C(Cc1cccs1)Nc1ccnn1C1CCCC1. The molecule has 100 valence electrons. The van der Waals surface area contributed by atoms with Crippen LogP contribution in [0.1, 0.15) is 36.6 Å². The van der Waals surface area contributed by atoms with Crippen LogP contribution in [0.2, 0.25) is 0 Å². The predicted molar refractivity (Wildman–Crippen MR) is 76.4 cm³/mol. The summed E-state index contributed by atoms with van der Waals surface area (Å²) >= 11 is 1.61. The van der Waals surface area contributed by atoms with Crippen molar-refractivity contribution in [1.29, 1.82) is 0 Å². The Hall–Kier alpha value is -1.62. The minimum absolute atomic E-state index is 0.0298. The van der Waals surface area contributed by atoms with E-state index in [1.165, 1.54) is 12.8 Å². The molecule has 0 unspecified atom stereocenters. The third kappa shape index (κ3) is 2.87. The monoisotopic (exact) mass is 275 g/mol. The highest BCUT2D eigenvalue weighted by molar-refractivity contribution is 7.10. The number of aromatic nitrogens is 2. The first-order valence-electron chi connectivity index (χ1n) is 6.68. The first-order valence-corrected chi connectivity index (χ1v) is 7.56. The van der Waals surface area contributed by atoms with Gasteiger partial charge in [-0.3, -0.25) is 4.79 Å². The van der Waals surface area contributed by atoms with E-state index in [4.69, 9.17) is 0 Å². The fourth-order valence-corrected chi connectivity index (χ4v) is 3.32. The number of amides is 1. The van der Waals surface area contributed by atoms with Crippen LogP contribution in [0, 0.1) is 0 Å². The standard InChI is InChI=1S/C14H17N3OS/c18-14(10-12-6-3-9-19-12)16-13-7-8-15-17(13)11-4-1-2-5-11/h3,6-9,11H,1-2,4-5,10H2,(H,16,18). The van der Waals surface area contributed by atoms with Crippen molar-refractivity contribution in [3.05, 3.63) is 34.7 Å². The van der Waals surface area contributed by atoms with Gasteiger partial charge >= 0.3 is 0 Å². The zero-order chi connectivity index (χ0) is 13.1. The number of thiophene rings is 1. The third-order valence-corrected chi connectivity index (χ3v) is 4.40. The van der Waals surface area contributed by atoms with Gasteiger partial charge in [-0.15, -0.1) is 11.3 Å². The topological polar surface area (TPSA) is 46.9 Å². The molecule has 3 rings (SSSR count). The van der Waals surface area contributed by atoms with Crippen LogP contribution in [0.15, 0.2) is 29.8 Å². The summed E-state index contributed by atoms with van der Waals surface area (Å²) in [6.45, 7) is 0. The lowest BCUT2D eigenvalue weighted by Gasteiger charge is -2.14. The summed E-state index contributed by atoms with van der Waals surface area (Å²) < 4.78 is 1.97. The van der Waals surface area contributed by atoms with Crippen LogP contribution in [-0.2, 0) is 11.2 Å². The van der Waals surface area contributed by atoms with Crippen LogP contribution >= 0.6 is 11.3 Å². The number of hydrogen-bond donors (Lipinski definition) is 1. The lowest BCUT2D eigenvalue weighted by atomic mass is 10.2. The number of hydrogen-bond acceptors (Lipinski definition) is 3. The van der Waals surface area contributed by atoms with Gasteiger partial charge < -0.3 is 5.32 Å². The van der Waals surface area contributed by atoms with Gasteiger partial charge in [0.1, 0.15) is 5.82 Å². The van der Waals surface area contributed by atoms with E-state index in [2.05, 4.69) is 10.4 Å². The molecule has 5 heteroatoms. The summed E-state index contributed by atoms with van der Waals surface area (Å²) in [6, 6.07) is 6.28. The molecule has 1 fully saturated rings. The van der Waals surface area contributed by atoms with E-state index in [0.717, 1.165) is 23.5 Å². The highest BCUT2D eigenvalue weighted by Gasteiger charge is 2.20. The molecule has 4 nitrogen and oxygen atoms in total. The molecule has 0 radical (unpaired) electrons. The van der Waals surface area contributed by atoms with Crippen molar-refractivity contribution < 1.29 is 4.79 Å². The van der Waals surface area contributed by atoms with Crippen LogP contribution < -0.4 is 5.32 Å². The molecular formula is C14H17N3OS. The number of anilines is 1. The van der Waals surface area contributed by atoms with E-state index in [-0.39, 0.29) is 5.91 Å². The Bertz CT molecular complexity index is 541. The molecule has 0 spiro atoms. The van der Waals surface area contributed by atoms with Gasteiger partial charge in [0.05, 0.1) is 18.7 Å². The van der Waals surface area contributed by atoms with Crippen LogP contribution in [0.5, 0.6) is 0 Å². The Morgan fingerprint density at radius 3 is 3.00 bits per heavy atom. The molecule has 0 aromatic carbocycles. The summed E-state index contributed by atoms with van der Waals surface area (Å²) in [5.41, 5.74) is 0. The Balaban J connectivity index is 1.66. The predicted octanol–water partition coefficient (Wildman–Crippen LogP) is 3.24. The van der Waals surface area contributed by atoms with Crippen LogP contribution in [0.25, 0.3) is 0 Å². The first-order chi connectivity index (χ1) is 9.33. The summed E-state index contributed by atoms with van der Waals surface area (Å²) in [5.74, 6) is 0.857. The van der Waals surface area contributed by atoms with Crippen LogP contribution in [0.4, 0.5) is 5.82 Å². The summed E-state index contributed by atoms with van der Waals surface area (Å²) in [6.07, 6.45) is 7.04. The fourth-order valence-electron chi connectivity index (χ4n) is 2.61. The van der Waals surface area contributed by atoms with Crippen molar-refractivity contribution in [3.8, 4) is 0 Å². The smallest absolute Gasteiger partial charge is 0.230 e. The molecule has 1 amide bonds. The molecule has 19 heavy (non-hydrogen) atoms. The molecule has 0 bridgehead atoms. The number of carbonyl (C=O) groups is 1. The molecule has 0 atom stereocenters. The van der Waals surface area contributed by atoms with E-state index >= 15 is 0 Å². The van der Waals surface area contributed by atoms with Gasteiger partial charge in [-0.25, -0.2) is 4.68 Å². The van der Waals surface area contributed by atoms with Crippen LogP contribution in [-0.4, -0.2) is 15.7 Å².